The monoisotopic (exact) mass is 197 g/mol. The summed E-state index contributed by atoms with van der Waals surface area (Å²) in [6.45, 7) is 0.886. The van der Waals surface area contributed by atoms with Crippen LogP contribution < -0.4 is 5.73 Å². The highest BCUT2D eigenvalue weighted by molar-refractivity contribution is 5.10. The van der Waals surface area contributed by atoms with Crippen LogP contribution >= 0.6 is 0 Å². The van der Waals surface area contributed by atoms with Gasteiger partial charge in [0.1, 0.15) is 0 Å². The van der Waals surface area contributed by atoms with Crippen LogP contribution in [0.5, 0.6) is 0 Å². The van der Waals surface area contributed by atoms with E-state index in [-0.39, 0.29) is 5.95 Å². The fourth-order valence-electron chi connectivity index (χ4n) is 1.69. The number of hydrogen-bond donors (Lipinski definition) is 1. The molecule has 0 aromatic carbocycles. The van der Waals surface area contributed by atoms with E-state index in [0.717, 1.165) is 25.9 Å². The van der Waals surface area contributed by atoms with Crippen molar-refractivity contribution in [3.05, 3.63) is 5.89 Å². The van der Waals surface area contributed by atoms with Crippen molar-refractivity contribution in [3.8, 4) is 0 Å². The van der Waals surface area contributed by atoms with Gasteiger partial charge in [-0.1, -0.05) is 0 Å². The van der Waals surface area contributed by atoms with E-state index in [0.29, 0.717) is 12.0 Å². The quantitative estimate of drug-likeness (QED) is 0.786. The van der Waals surface area contributed by atoms with Crippen LogP contribution in [0.3, 0.4) is 0 Å². The van der Waals surface area contributed by atoms with Gasteiger partial charge < -0.3 is 15.0 Å². The first-order valence-corrected chi connectivity index (χ1v) is 5.04. The molecule has 1 aliphatic rings. The molecule has 0 amide bonds. The smallest absolute Gasteiger partial charge is 0.260 e. The first-order valence-electron chi connectivity index (χ1n) is 5.04. The molecule has 0 radical (unpaired) electrons. The normalized spacial score (nSPS) is 22.4. The van der Waals surface area contributed by atoms with E-state index in [1.807, 2.05) is 0 Å². The fraction of sp³-hybridized carbons (Fsp3) is 0.778. The van der Waals surface area contributed by atoms with Crippen molar-refractivity contribution in [3.63, 3.8) is 0 Å². The van der Waals surface area contributed by atoms with Gasteiger partial charge in [-0.2, -0.15) is 4.98 Å². The summed E-state index contributed by atoms with van der Waals surface area (Å²) in [5.74, 6) is 0.821. The lowest BCUT2D eigenvalue weighted by Crippen LogP contribution is -2.19. The van der Waals surface area contributed by atoms with Crippen LogP contribution in [0.1, 0.15) is 31.6 Å². The van der Waals surface area contributed by atoms with Crippen molar-refractivity contribution in [2.75, 3.05) is 12.3 Å². The van der Waals surface area contributed by atoms with Gasteiger partial charge in [0.05, 0.1) is 6.10 Å². The number of aromatic nitrogens is 2. The van der Waals surface area contributed by atoms with E-state index < -0.39 is 0 Å². The van der Waals surface area contributed by atoms with Crippen LogP contribution in [0.2, 0.25) is 0 Å². The van der Waals surface area contributed by atoms with Crippen LogP contribution in [0, 0.1) is 0 Å². The first kappa shape index (κ1) is 9.45. The van der Waals surface area contributed by atoms with Gasteiger partial charge >= 0.3 is 0 Å². The van der Waals surface area contributed by atoms with Crippen molar-refractivity contribution in [2.24, 2.45) is 0 Å². The molecule has 2 rings (SSSR count). The Hall–Kier alpha value is -1.10. The van der Waals surface area contributed by atoms with Gasteiger partial charge in [0.15, 0.2) is 0 Å². The van der Waals surface area contributed by atoms with Gasteiger partial charge in [-0.05, 0) is 30.8 Å². The van der Waals surface area contributed by atoms with E-state index in [9.17, 15) is 0 Å². The topological polar surface area (TPSA) is 74.2 Å². The van der Waals surface area contributed by atoms with Gasteiger partial charge in [0.2, 0.25) is 5.89 Å². The zero-order valence-electron chi connectivity index (χ0n) is 8.11. The third-order valence-electron chi connectivity index (χ3n) is 2.44. The van der Waals surface area contributed by atoms with Crippen molar-refractivity contribution in [2.45, 2.75) is 38.2 Å². The highest BCUT2D eigenvalue weighted by Crippen LogP contribution is 2.17. The second-order valence-corrected chi connectivity index (χ2v) is 3.57. The molecule has 2 heterocycles. The highest BCUT2D eigenvalue weighted by atomic mass is 16.5. The van der Waals surface area contributed by atoms with Crippen LogP contribution in [-0.2, 0) is 11.2 Å². The van der Waals surface area contributed by atoms with Crippen LogP contribution in [0.25, 0.3) is 0 Å². The maximum absolute atomic E-state index is 5.59. The molecular weight excluding hydrogens is 182 g/mol. The molecule has 2 N–H and O–H groups in total. The van der Waals surface area contributed by atoms with Crippen molar-refractivity contribution in [1.82, 2.24) is 10.1 Å². The Morgan fingerprint density at radius 3 is 3.00 bits per heavy atom. The summed E-state index contributed by atoms with van der Waals surface area (Å²) in [5, 5.41) is 3.53. The Kier molecular flexibility index (Phi) is 2.98. The molecule has 1 fully saturated rings. The number of ether oxygens (including phenoxy) is 1. The number of nitrogens with zero attached hydrogens (tertiary/aromatic N) is 2. The predicted octanol–water partition coefficient (Wildman–Crippen LogP) is 1.15. The lowest BCUT2D eigenvalue weighted by atomic mass is 10.0. The molecule has 0 saturated carbocycles. The van der Waals surface area contributed by atoms with Gasteiger partial charge in [-0.3, -0.25) is 0 Å². The van der Waals surface area contributed by atoms with Crippen molar-refractivity contribution >= 4 is 5.95 Å². The Balaban J connectivity index is 1.76. The summed E-state index contributed by atoms with van der Waals surface area (Å²) in [6.07, 6.45) is 5.65. The molecule has 1 aromatic heterocycles. The molecule has 1 atom stereocenters. The van der Waals surface area contributed by atoms with Gasteiger partial charge in [0.25, 0.3) is 5.95 Å². The summed E-state index contributed by atoms with van der Waals surface area (Å²) in [6, 6.07) is 0. The molecule has 0 bridgehead atoms. The second kappa shape index (κ2) is 4.41. The van der Waals surface area contributed by atoms with Gasteiger partial charge in [-0.25, -0.2) is 0 Å². The van der Waals surface area contributed by atoms with E-state index >= 15 is 0 Å². The fourth-order valence-corrected chi connectivity index (χ4v) is 1.69. The number of aryl methyl sites for hydroxylation is 1. The summed E-state index contributed by atoms with van der Waals surface area (Å²) in [5.41, 5.74) is 5.34. The van der Waals surface area contributed by atoms with E-state index in [1.54, 1.807) is 0 Å². The summed E-state index contributed by atoms with van der Waals surface area (Å²) in [4.78, 5) is 3.94. The lowest BCUT2D eigenvalue weighted by molar-refractivity contribution is 0.0104. The molecular formula is C9H15N3O2. The number of hydrogen-bond acceptors (Lipinski definition) is 5. The van der Waals surface area contributed by atoms with Crippen LogP contribution in [0.15, 0.2) is 4.52 Å². The van der Waals surface area contributed by atoms with E-state index in [4.69, 9.17) is 15.0 Å². The van der Waals surface area contributed by atoms with Crippen LogP contribution in [0.4, 0.5) is 5.95 Å². The molecule has 0 spiro atoms. The van der Waals surface area contributed by atoms with Crippen LogP contribution in [-0.4, -0.2) is 22.9 Å². The Labute approximate surface area is 82.6 Å². The molecule has 1 aliphatic heterocycles. The summed E-state index contributed by atoms with van der Waals surface area (Å²) >= 11 is 0. The zero-order valence-corrected chi connectivity index (χ0v) is 8.11. The third-order valence-corrected chi connectivity index (χ3v) is 2.44. The van der Waals surface area contributed by atoms with E-state index in [2.05, 4.69) is 10.1 Å². The minimum atomic E-state index is 0.213. The highest BCUT2D eigenvalue weighted by Gasteiger charge is 2.15. The zero-order chi connectivity index (χ0) is 9.80. The van der Waals surface area contributed by atoms with Gasteiger partial charge in [0, 0.05) is 13.0 Å². The molecule has 1 saturated heterocycles. The molecule has 0 aliphatic carbocycles. The average Bonchev–Trinajstić information content (AvgIpc) is 2.63. The number of rotatable bonds is 3. The number of nitrogen functional groups attached to an aromatic ring is 1. The molecule has 1 aromatic rings. The molecule has 1 unspecified atom stereocenters. The number of nitrogens with two attached hydrogens (primary N) is 1. The van der Waals surface area contributed by atoms with E-state index in [1.165, 1.54) is 12.8 Å². The minimum Gasteiger partial charge on any atom is -0.378 e. The molecule has 14 heavy (non-hydrogen) atoms. The lowest BCUT2D eigenvalue weighted by Gasteiger charge is -2.21. The summed E-state index contributed by atoms with van der Waals surface area (Å²) < 4.78 is 10.5. The van der Waals surface area contributed by atoms with Crippen molar-refractivity contribution < 1.29 is 9.26 Å². The second-order valence-electron chi connectivity index (χ2n) is 3.57. The maximum Gasteiger partial charge on any atom is 0.260 e. The largest absolute Gasteiger partial charge is 0.378 e. The molecule has 5 nitrogen and oxygen atoms in total. The predicted molar refractivity (Wildman–Crippen MR) is 50.6 cm³/mol. The minimum absolute atomic E-state index is 0.213. The first-order chi connectivity index (χ1) is 6.84. The Morgan fingerprint density at radius 2 is 2.36 bits per heavy atom. The third kappa shape index (κ3) is 2.45. The maximum atomic E-state index is 5.59. The Bertz CT molecular complexity index is 281. The molecule has 78 valence electrons. The Morgan fingerprint density at radius 1 is 1.43 bits per heavy atom. The summed E-state index contributed by atoms with van der Waals surface area (Å²) in [7, 11) is 0. The average molecular weight is 197 g/mol. The van der Waals surface area contributed by atoms with Gasteiger partial charge in [-0.15, -0.1) is 0 Å². The van der Waals surface area contributed by atoms with Crippen molar-refractivity contribution in [1.29, 1.82) is 0 Å². The number of anilines is 1. The molecule has 5 heteroatoms. The standard InChI is InChI=1S/C9H15N3O2/c10-9-11-8(14-12-9)5-4-7-3-1-2-6-13-7/h7H,1-6H2,(H2,10,12). The SMILES string of the molecule is Nc1noc(CCC2CCCCO2)n1.